The molecule has 0 saturated carbocycles. The molecule has 3 N–H and O–H groups in total. The lowest BCUT2D eigenvalue weighted by Crippen LogP contribution is -2.17. The summed E-state index contributed by atoms with van der Waals surface area (Å²) in [6.45, 7) is 0. The zero-order valence-corrected chi connectivity index (χ0v) is 11.5. The third-order valence-corrected chi connectivity index (χ3v) is 2.72. The molecule has 0 aliphatic rings. The van der Waals surface area contributed by atoms with E-state index in [4.69, 9.17) is 5.73 Å². The zero-order chi connectivity index (χ0) is 14.8. The number of hydrogen-bond donors (Lipinski definition) is 2. The van der Waals surface area contributed by atoms with Crippen LogP contribution < -0.4 is 10.5 Å². The fourth-order valence-corrected chi connectivity index (χ4v) is 1.75. The highest BCUT2D eigenvalue weighted by molar-refractivity contribution is 5.85. The van der Waals surface area contributed by atoms with E-state index >= 15 is 0 Å². The highest BCUT2D eigenvalue weighted by Gasteiger charge is 2.31. The number of phenols is 1. The van der Waals surface area contributed by atoms with Crippen LogP contribution >= 0.6 is 12.4 Å². The Morgan fingerprint density at radius 1 is 0.905 bits per heavy atom. The lowest BCUT2D eigenvalue weighted by atomic mass is 9.99. The molecule has 1 atom stereocenters. The van der Waals surface area contributed by atoms with E-state index in [1.165, 1.54) is 36.4 Å². The van der Waals surface area contributed by atoms with Gasteiger partial charge in [0, 0.05) is 0 Å². The molecule has 0 amide bonds. The summed E-state index contributed by atoms with van der Waals surface area (Å²) in [5.74, 6) is -0.172. The third-order valence-electron chi connectivity index (χ3n) is 2.72. The van der Waals surface area contributed by atoms with Crippen molar-refractivity contribution in [1.82, 2.24) is 0 Å². The maximum absolute atomic E-state index is 12.0. The van der Waals surface area contributed by atoms with Gasteiger partial charge in [0.05, 0.1) is 6.04 Å². The highest BCUT2D eigenvalue weighted by Crippen LogP contribution is 2.26. The van der Waals surface area contributed by atoms with Crippen LogP contribution in [0, 0.1) is 0 Å². The van der Waals surface area contributed by atoms with E-state index < -0.39 is 12.4 Å². The summed E-state index contributed by atoms with van der Waals surface area (Å²) in [7, 11) is 0. The largest absolute Gasteiger partial charge is 0.573 e. The van der Waals surface area contributed by atoms with Gasteiger partial charge >= 0.3 is 6.36 Å². The molecule has 0 saturated heterocycles. The van der Waals surface area contributed by atoms with Gasteiger partial charge in [-0.05, 0) is 35.4 Å². The second-order valence-corrected chi connectivity index (χ2v) is 4.19. The minimum absolute atomic E-state index is 0. The van der Waals surface area contributed by atoms with E-state index in [9.17, 15) is 18.3 Å². The molecule has 0 fully saturated rings. The van der Waals surface area contributed by atoms with Crippen molar-refractivity contribution in [2.75, 3.05) is 0 Å². The van der Waals surface area contributed by atoms with Crippen molar-refractivity contribution in [3.05, 3.63) is 59.7 Å². The Hall–Kier alpha value is -1.92. The molecule has 114 valence electrons. The number of aromatic hydroxyl groups is 1. The number of hydrogen-bond acceptors (Lipinski definition) is 3. The predicted octanol–water partition coefficient (Wildman–Crippen LogP) is 3.76. The molecule has 0 bridgehead atoms. The predicted molar refractivity (Wildman–Crippen MR) is 74.5 cm³/mol. The van der Waals surface area contributed by atoms with Gasteiger partial charge in [0.25, 0.3) is 0 Å². The van der Waals surface area contributed by atoms with Gasteiger partial charge in [-0.3, -0.25) is 0 Å². The van der Waals surface area contributed by atoms with Gasteiger partial charge in [0.1, 0.15) is 11.5 Å². The van der Waals surface area contributed by atoms with E-state index in [-0.39, 0.29) is 23.9 Å². The minimum atomic E-state index is -4.71. The number of phenolic OH excluding ortho intramolecular Hbond substituents is 1. The monoisotopic (exact) mass is 319 g/mol. The van der Waals surface area contributed by atoms with Crippen LogP contribution in [-0.4, -0.2) is 11.5 Å². The molecular formula is C14H13ClF3NO2. The second-order valence-electron chi connectivity index (χ2n) is 4.19. The Labute approximate surface area is 125 Å². The summed E-state index contributed by atoms with van der Waals surface area (Å²) in [6, 6.07) is 11.2. The van der Waals surface area contributed by atoms with Crippen molar-refractivity contribution in [3.63, 3.8) is 0 Å². The van der Waals surface area contributed by atoms with Crippen molar-refractivity contribution in [2.24, 2.45) is 5.73 Å². The molecule has 0 aliphatic heterocycles. The quantitative estimate of drug-likeness (QED) is 0.905. The molecule has 7 heteroatoms. The molecule has 3 nitrogen and oxygen atoms in total. The Kier molecular flexibility index (Phi) is 5.46. The van der Waals surface area contributed by atoms with Crippen molar-refractivity contribution < 1.29 is 23.0 Å². The van der Waals surface area contributed by atoms with E-state index in [1.54, 1.807) is 12.1 Å². The number of nitrogens with two attached hydrogens (primary N) is 1. The maximum Gasteiger partial charge on any atom is 0.573 e. The van der Waals surface area contributed by atoms with Gasteiger partial charge < -0.3 is 15.6 Å². The first-order chi connectivity index (χ1) is 9.35. The van der Waals surface area contributed by atoms with Crippen LogP contribution in [0.3, 0.4) is 0 Å². The Morgan fingerprint density at radius 2 is 1.33 bits per heavy atom. The first-order valence-electron chi connectivity index (χ1n) is 5.75. The van der Waals surface area contributed by atoms with Gasteiger partial charge in [-0.15, -0.1) is 25.6 Å². The van der Waals surface area contributed by atoms with Crippen molar-refractivity contribution in [1.29, 1.82) is 0 Å². The van der Waals surface area contributed by atoms with Gasteiger partial charge in [-0.25, -0.2) is 0 Å². The summed E-state index contributed by atoms with van der Waals surface area (Å²) >= 11 is 0. The molecule has 0 unspecified atom stereocenters. The average molecular weight is 320 g/mol. The highest BCUT2D eigenvalue weighted by atomic mass is 35.5. The van der Waals surface area contributed by atoms with Crippen LogP contribution in [0.15, 0.2) is 48.5 Å². The molecule has 21 heavy (non-hydrogen) atoms. The number of benzene rings is 2. The Bertz CT molecular complexity index is 570. The summed E-state index contributed by atoms with van der Waals surface area (Å²) in [4.78, 5) is 0. The van der Waals surface area contributed by atoms with E-state index in [1.807, 2.05) is 0 Å². The van der Waals surface area contributed by atoms with E-state index in [0.717, 1.165) is 5.56 Å². The molecule has 0 aliphatic carbocycles. The topological polar surface area (TPSA) is 55.5 Å². The number of ether oxygens (including phenoxy) is 1. The van der Waals surface area contributed by atoms with Crippen LogP contribution in [0.4, 0.5) is 13.2 Å². The van der Waals surface area contributed by atoms with Gasteiger partial charge in [-0.1, -0.05) is 24.3 Å². The summed E-state index contributed by atoms with van der Waals surface area (Å²) in [5, 5.41) is 9.19. The second kappa shape index (κ2) is 6.69. The fourth-order valence-electron chi connectivity index (χ4n) is 1.75. The first kappa shape index (κ1) is 17.1. The molecular weight excluding hydrogens is 307 g/mol. The molecule has 0 radical (unpaired) electrons. The first-order valence-corrected chi connectivity index (χ1v) is 5.75. The van der Waals surface area contributed by atoms with E-state index in [0.29, 0.717) is 5.56 Å². The van der Waals surface area contributed by atoms with Crippen LogP contribution in [0.1, 0.15) is 17.2 Å². The molecule has 2 aromatic rings. The fraction of sp³-hybridized carbons (Fsp3) is 0.143. The SMILES string of the molecule is Cl.N[C@@H](c1ccc(O)cc1)c1ccc(OC(F)(F)F)cc1. The minimum Gasteiger partial charge on any atom is -0.508 e. The van der Waals surface area contributed by atoms with Crippen molar-refractivity contribution in [2.45, 2.75) is 12.4 Å². The van der Waals surface area contributed by atoms with Gasteiger partial charge in [0.15, 0.2) is 0 Å². The van der Waals surface area contributed by atoms with Crippen LogP contribution in [0.25, 0.3) is 0 Å². The van der Waals surface area contributed by atoms with Gasteiger partial charge in [0.2, 0.25) is 0 Å². The number of alkyl halides is 3. The van der Waals surface area contributed by atoms with Gasteiger partial charge in [-0.2, -0.15) is 0 Å². The zero-order valence-electron chi connectivity index (χ0n) is 10.7. The lowest BCUT2D eigenvalue weighted by molar-refractivity contribution is -0.274. The van der Waals surface area contributed by atoms with Crippen LogP contribution in [0.5, 0.6) is 11.5 Å². The molecule has 0 spiro atoms. The normalized spacial score (nSPS) is 12.4. The lowest BCUT2D eigenvalue weighted by Gasteiger charge is -2.14. The molecule has 0 aromatic heterocycles. The Balaban J connectivity index is 0.00000220. The maximum atomic E-state index is 12.0. The average Bonchev–Trinajstić information content (AvgIpc) is 2.38. The Morgan fingerprint density at radius 3 is 1.76 bits per heavy atom. The summed E-state index contributed by atoms with van der Waals surface area (Å²) in [6.07, 6.45) is -4.71. The molecule has 2 rings (SSSR count). The number of rotatable bonds is 3. The smallest absolute Gasteiger partial charge is 0.508 e. The third kappa shape index (κ3) is 4.84. The standard InChI is InChI=1S/C14H12F3NO2.ClH/c15-14(16,17)20-12-7-3-10(4-8-12)13(18)9-1-5-11(19)6-2-9;/h1-8,13,19H,18H2;1H/t13-;/m0./s1. The summed E-state index contributed by atoms with van der Waals surface area (Å²) in [5.41, 5.74) is 7.39. The number of halogens is 4. The van der Waals surface area contributed by atoms with Crippen molar-refractivity contribution in [3.8, 4) is 11.5 Å². The van der Waals surface area contributed by atoms with E-state index in [2.05, 4.69) is 4.74 Å². The summed E-state index contributed by atoms with van der Waals surface area (Å²) < 4.78 is 39.9. The molecule has 2 aromatic carbocycles. The van der Waals surface area contributed by atoms with Crippen LogP contribution in [0.2, 0.25) is 0 Å². The van der Waals surface area contributed by atoms with Crippen LogP contribution in [-0.2, 0) is 0 Å². The molecule has 0 heterocycles. The van der Waals surface area contributed by atoms with Crippen molar-refractivity contribution >= 4 is 12.4 Å².